The van der Waals surface area contributed by atoms with E-state index in [1.54, 1.807) is 28.4 Å². The Labute approximate surface area is 435 Å². The minimum absolute atomic E-state index is 0.683. The van der Waals surface area contributed by atoms with Gasteiger partial charge in [-0.15, -0.1) is 0 Å². The molecule has 8 nitrogen and oxygen atoms in total. The number of aromatic nitrogens is 4. The monoisotopic (exact) mass is 1360 g/mol. The first-order chi connectivity index (χ1) is 30.9. The van der Waals surface area contributed by atoms with Crippen molar-refractivity contribution in [3.8, 4) is 67.5 Å². The first-order valence-electron chi connectivity index (χ1n) is 19.1. The quantitative estimate of drug-likeness (QED) is 0.157. The number of hydrogen-bond donors (Lipinski definition) is 2. The first kappa shape index (κ1) is 45.7. The second-order valence-electron chi connectivity index (χ2n) is 14.3. The van der Waals surface area contributed by atoms with E-state index >= 15 is 0 Å². The highest BCUT2D eigenvalue weighted by molar-refractivity contribution is 9.18. The number of aromatic amines is 2. The van der Waals surface area contributed by atoms with E-state index < -0.39 is 0 Å². The van der Waals surface area contributed by atoms with E-state index in [1.165, 1.54) is 0 Å². The van der Waals surface area contributed by atoms with E-state index in [9.17, 15) is 0 Å². The summed E-state index contributed by atoms with van der Waals surface area (Å²) < 4.78 is 28.6. The molecule has 3 aromatic heterocycles. The van der Waals surface area contributed by atoms with Crippen LogP contribution in [0.1, 0.15) is 22.8 Å². The van der Waals surface area contributed by atoms with E-state index in [0.717, 1.165) is 125 Å². The Balaban J connectivity index is 1.59. The summed E-state index contributed by atoms with van der Waals surface area (Å²) in [4.78, 5) is 18.9. The van der Waals surface area contributed by atoms with Gasteiger partial charge in [0.05, 0.1) is 109 Å². The van der Waals surface area contributed by atoms with Crippen LogP contribution >= 0.6 is 127 Å². The van der Waals surface area contributed by atoms with Crippen molar-refractivity contribution in [1.29, 1.82) is 0 Å². The molecule has 5 heterocycles. The number of halogens is 8. The number of methoxy groups -OCH3 is 4. The molecule has 0 amide bonds. The molecular weight excluding hydrogens is 1340 g/mol. The molecule has 8 bridgehead atoms. The highest BCUT2D eigenvalue weighted by Gasteiger charge is 2.31. The highest BCUT2D eigenvalue weighted by Crippen LogP contribution is 2.53. The van der Waals surface area contributed by atoms with Gasteiger partial charge in [0.2, 0.25) is 0 Å². The molecule has 0 saturated heterocycles. The maximum atomic E-state index is 5.61. The Morgan fingerprint density at radius 2 is 0.500 bits per heavy atom. The van der Waals surface area contributed by atoms with Gasteiger partial charge in [0.15, 0.2) is 0 Å². The molecule has 2 N–H and O–H groups in total. The molecule has 2 aliphatic heterocycles. The van der Waals surface area contributed by atoms with Gasteiger partial charge in [-0.3, -0.25) is 0 Å². The number of rotatable bonds is 8. The van der Waals surface area contributed by atoms with Gasteiger partial charge in [-0.1, -0.05) is 48.5 Å². The minimum Gasteiger partial charge on any atom is -0.497 e. The topological polar surface area (TPSA) is 94.3 Å². The van der Waals surface area contributed by atoms with E-state index in [4.69, 9.17) is 28.9 Å². The van der Waals surface area contributed by atoms with Crippen molar-refractivity contribution in [2.75, 3.05) is 28.4 Å². The van der Waals surface area contributed by atoms with Gasteiger partial charge in [0, 0.05) is 22.3 Å². The Morgan fingerprint density at radius 1 is 0.312 bits per heavy atom. The first-order valence-corrected chi connectivity index (χ1v) is 25.5. The zero-order valence-corrected chi connectivity index (χ0v) is 46.5. The van der Waals surface area contributed by atoms with E-state index in [0.29, 0.717) is 22.8 Å². The van der Waals surface area contributed by atoms with Crippen LogP contribution in [0.15, 0.2) is 115 Å². The lowest BCUT2D eigenvalue weighted by atomic mass is 10.0. The van der Waals surface area contributed by atoms with Gasteiger partial charge in [-0.2, -0.15) is 0 Å². The third kappa shape index (κ3) is 7.90. The fourth-order valence-electron chi connectivity index (χ4n) is 7.72. The van der Waals surface area contributed by atoms with E-state index in [1.807, 2.05) is 97.1 Å². The Morgan fingerprint density at radius 3 is 0.672 bits per heavy atom. The smallest absolute Gasteiger partial charge is 0.118 e. The molecule has 0 unspecified atom stereocenters. The summed E-state index contributed by atoms with van der Waals surface area (Å²) in [5, 5.41) is 0. The van der Waals surface area contributed by atoms with Crippen molar-refractivity contribution in [1.82, 2.24) is 19.9 Å². The van der Waals surface area contributed by atoms with Crippen LogP contribution in [0, 0.1) is 0 Å². The molecule has 0 saturated carbocycles. The lowest BCUT2D eigenvalue weighted by molar-refractivity contribution is 0.415. The molecule has 0 atom stereocenters. The molecule has 0 spiro atoms. The average molecular weight is 1370 g/mol. The number of nitrogens with zero attached hydrogens (tertiary/aromatic N) is 2. The Kier molecular flexibility index (Phi) is 13.3. The normalized spacial score (nSPS) is 12.6. The number of nitrogens with one attached hydrogen (secondary N) is 2. The summed E-state index contributed by atoms with van der Waals surface area (Å²) in [5.41, 5.74) is 12.6. The summed E-state index contributed by atoms with van der Waals surface area (Å²) in [7, 11) is 6.63. The number of H-pyrrole nitrogens is 2. The summed E-state index contributed by atoms with van der Waals surface area (Å²) >= 11 is 32.3. The Bertz CT molecular complexity index is 2840. The number of fused-ring (bicyclic) bond motifs is 8. The van der Waals surface area contributed by atoms with Crippen LogP contribution in [-0.4, -0.2) is 48.4 Å². The van der Waals surface area contributed by atoms with Gasteiger partial charge in [-0.05, 0) is 198 Å². The van der Waals surface area contributed by atoms with Crippen LogP contribution < -0.4 is 18.9 Å². The zero-order chi connectivity index (χ0) is 45.1. The van der Waals surface area contributed by atoms with Crippen molar-refractivity contribution in [3.05, 3.63) is 138 Å². The van der Waals surface area contributed by atoms with Gasteiger partial charge in [-0.25, -0.2) is 9.97 Å². The summed E-state index contributed by atoms with van der Waals surface area (Å²) in [6, 6.07) is 31.8. The highest BCUT2D eigenvalue weighted by atomic mass is 79.9. The van der Waals surface area contributed by atoms with Crippen LogP contribution in [0.4, 0.5) is 0 Å². The Hall–Kier alpha value is -3.48. The SMILES string of the molecule is COc1ccc(-c2c3nc(c(-c4ccc(OC)cc4)c4[nH]c(c(Br)c4Br)c(-c4ccc(OC)cc4)c4nc(c(-c5ccc(OC)cc5)c5[nH]c2c(Br)c5Br)C(Br)=C4Br)C(Br)=C3Br)cc1. The summed E-state index contributed by atoms with van der Waals surface area (Å²) in [6.07, 6.45) is 0. The predicted molar refractivity (Wildman–Crippen MR) is 289 cm³/mol. The second-order valence-corrected chi connectivity index (χ2v) is 20.6. The fourth-order valence-corrected chi connectivity index (χ4v) is 11.6. The standard InChI is InChI=1S/C48H30Br8N4O4/c1-61-25-13-5-21(6-14-25)29-41-33(49)35(51)43(57-41)30(22-7-15-26(62-2)16-8-22)45-37(53)39(55)47(59-45)32(24-11-19-28(64-4)20-12-24)48-40(56)38(54)46(60-48)31(23-9-17-27(63-3)18-10-23)44-36(52)34(50)42(29)58-44/h5-20,57,60H,1-4H3. The fraction of sp³-hybridized carbons (Fsp3) is 0.0833. The van der Waals surface area contributed by atoms with Crippen LogP contribution in [-0.2, 0) is 0 Å². The van der Waals surface area contributed by atoms with Crippen LogP contribution in [0.5, 0.6) is 23.0 Å². The molecule has 0 radical (unpaired) electrons. The van der Waals surface area contributed by atoms with Crippen molar-refractivity contribution < 1.29 is 18.9 Å². The van der Waals surface area contributed by atoms with Crippen molar-refractivity contribution >= 4 is 167 Å². The molecule has 0 fully saturated rings. The summed E-state index contributed by atoms with van der Waals surface area (Å²) in [5.74, 6) is 2.90. The molecule has 16 heteroatoms. The number of benzene rings is 4. The third-order valence-electron chi connectivity index (χ3n) is 10.9. The molecule has 9 rings (SSSR count). The maximum absolute atomic E-state index is 5.61. The van der Waals surface area contributed by atoms with E-state index in [2.05, 4.69) is 137 Å². The molecule has 7 aromatic rings. The summed E-state index contributed by atoms with van der Waals surface area (Å²) in [6.45, 7) is 0. The predicted octanol–water partition coefficient (Wildman–Crippen LogP) is 17.3. The number of ether oxygens (including phenoxy) is 4. The van der Waals surface area contributed by atoms with Crippen LogP contribution in [0.2, 0.25) is 0 Å². The lowest BCUT2D eigenvalue weighted by Gasteiger charge is -2.09. The maximum Gasteiger partial charge on any atom is 0.118 e. The molecule has 322 valence electrons. The van der Waals surface area contributed by atoms with Crippen molar-refractivity contribution in [2.24, 2.45) is 0 Å². The average Bonchev–Trinajstić information content (AvgIpc) is 3.98. The molecule has 2 aliphatic rings. The van der Waals surface area contributed by atoms with Crippen LogP contribution in [0.25, 0.3) is 84.5 Å². The van der Waals surface area contributed by atoms with Gasteiger partial charge < -0.3 is 28.9 Å². The van der Waals surface area contributed by atoms with Gasteiger partial charge >= 0.3 is 0 Å². The van der Waals surface area contributed by atoms with Gasteiger partial charge in [0.1, 0.15) is 23.0 Å². The molecule has 4 aromatic carbocycles. The molecule has 0 aliphatic carbocycles. The van der Waals surface area contributed by atoms with Crippen LogP contribution in [0.3, 0.4) is 0 Å². The zero-order valence-electron chi connectivity index (χ0n) is 33.8. The van der Waals surface area contributed by atoms with Crippen molar-refractivity contribution in [2.45, 2.75) is 0 Å². The number of hydrogen-bond acceptors (Lipinski definition) is 6. The minimum atomic E-state index is 0.683. The molecular formula is C48H30Br8N4O4. The second kappa shape index (κ2) is 18.7. The van der Waals surface area contributed by atoms with Crippen molar-refractivity contribution in [3.63, 3.8) is 0 Å². The van der Waals surface area contributed by atoms with Gasteiger partial charge in [0.25, 0.3) is 0 Å². The van der Waals surface area contributed by atoms with E-state index in [-0.39, 0.29) is 0 Å². The third-order valence-corrected chi connectivity index (χ3v) is 19.3. The largest absolute Gasteiger partial charge is 0.497 e. The molecule has 64 heavy (non-hydrogen) atoms. The lowest BCUT2D eigenvalue weighted by Crippen LogP contribution is -1.92.